The van der Waals surface area contributed by atoms with Gasteiger partial charge >= 0.3 is 0 Å². The quantitative estimate of drug-likeness (QED) is 0.852. The van der Waals surface area contributed by atoms with Crippen molar-refractivity contribution in [1.82, 2.24) is 5.32 Å². The zero-order valence-corrected chi connectivity index (χ0v) is 11.8. The van der Waals surface area contributed by atoms with Crippen LogP contribution in [-0.2, 0) is 0 Å². The molecule has 1 fully saturated rings. The minimum atomic E-state index is 0.333. The molecule has 0 aliphatic carbocycles. The number of piperidine rings is 1. The first-order chi connectivity index (χ1) is 9.30. The van der Waals surface area contributed by atoms with Crippen molar-refractivity contribution in [2.75, 3.05) is 27.3 Å². The predicted octanol–water partition coefficient (Wildman–Crippen LogP) is 1.89. The standard InChI is InChI=1S/C15H24N2O2/c1-18-14-7-6-11(9-15(14)19-2)12(10-16)13-5-3-4-8-17-13/h6-7,9,12-13,17H,3-5,8,10,16H2,1-2H3. The molecule has 1 aliphatic rings. The van der Waals surface area contributed by atoms with Gasteiger partial charge in [-0.1, -0.05) is 12.5 Å². The molecule has 1 aliphatic heterocycles. The summed E-state index contributed by atoms with van der Waals surface area (Å²) in [5.74, 6) is 1.87. The van der Waals surface area contributed by atoms with E-state index in [1.165, 1.54) is 24.8 Å². The molecule has 2 rings (SSSR count). The molecule has 0 radical (unpaired) electrons. The van der Waals surface area contributed by atoms with Crippen LogP contribution in [0.3, 0.4) is 0 Å². The van der Waals surface area contributed by atoms with Gasteiger partial charge in [-0.2, -0.15) is 0 Å². The van der Waals surface area contributed by atoms with E-state index in [1.54, 1.807) is 14.2 Å². The molecule has 0 amide bonds. The van der Waals surface area contributed by atoms with Gasteiger partial charge in [0.15, 0.2) is 11.5 Å². The maximum absolute atomic E-state index is 5.99. The molecule has 3 N–H and O–H groups in total. The van der Waals surface area contributed by atoms with Crippen molar-refractivity contribution in [2.45, 2.75) is 31.2 Å². The van der Waals surface area contributed by atoms with Crippen molar-refractivity contribution in [2.24, 2.45) is 5.73 Å². The Morgan fingerprint density at radius 1 is 1.26 bits per heavy atom. The fraction of sp³-hybridized carbons (Fsp3) is 0.600. The van der Waals surface area contributed by atoms with Crippen molar-refractivity contribution >= 4 is 0 Å². The highest BCUT2D eigenvalue weighted by atomic mass is 16.5. The van der Waals surface area contributed by atoms with Gasteiger partial charge in [-0.3, -0.25) is 0 Å². The first-order valence-electron chi connectivity index (χ1n) is 6.95. The second kappa shape index (κ2) is 6.78. The van der Waals surface area contributed by atoms with Gasteiger partial charge in [-0.05, 0) is 37.1 Å². The highest BCUT2D eigenvalue weighted by Gasteiger charge is 2.24. The topological polar surface area (TPSA) is 56.5 Å². The molecule has 0 saturated carbocycles. The average Bonchev–Trinajstić information content (AvgIpc) is 2.49. The highest BCUT2D eigenvalue weighted by molar-refractivity contribution is 5.44. The van der Waals surface area contributed by atoms with Crippen LogP contribution in [0.1, 0.15) is 30.7 Å². The predicted molar refractivity (Wildman–Crippen MR) is 77.0 cm³/mol. The lowest BCUT2D eigenvalue weighted by Gasteiger charge is -2.31. The normalized spacial score (nSPS) is 20.9. The first kappa shape index (κ1) is 14.2. The van der Waals surface area contributed by atoms with Gasteiger partial charge in [0, 0.05) is 18.5 Å². The average molecular weight is 264 g/mol. The summed E-state index contributed by atoms with van der Waals surface area (Å²) in [6.45, 7) is 1.74. The van der Waals surface area contributed by atoms with Crippen LogP contribution in [0.2, 0.25) is 0 Å². The molecule has 19 heavy (non-hydrogen) atoms. The van der Waals surface area contributed by atoms with Crippen LogP contribution in [-0.4, -0.2) is 33.4 Å². The number of nitrogens with one attached hydrogen (secondary N) is 1. The van der Waals surface area contributed by atoms with Gasteiger partial charge in [-0.15, -0.1) is 0 Å². The first-order valence-corrected chi connectivity index (χ1v) is 6.95. The van der Waals surface area contributed by atoms with Crippen molar-refractivity contribution in [3.63, 3.8) is 0 Å². The van der Waals surface area contributed by atoms with E-state index in [9.17, 15) is 0 Å². The Balaban J connectivity index is 2.22. The Morgan fingerprint density at radius 3 is 2.63 bits per heavy atom. The molecule has 1 aromatic carbocycles. The zero-order valence-electron chi connectivity index (χ0n) is 11.8. The van der Waals surface area contributed by atoms with Crippen LogP contribution in [0.4, 0.5) is 0 Å². The Bertz CT molecular complexity index is 403. The van der Waals surface area contributed by atoms with E-state index in [4.69, 9.17) is 15.2 Å². The van der Waals surface area contributed by atoms with Crippen LogP contribution < -0.4 is 20.5 Å². The number of hydrogen-bond acceptors (Lipinski definition) is 4. The van der Waals surface area contributed by atoms with Crippen LogP contribution in [0.15, 0.2) is 18.2 Å². The molecular weight excluding hydrogens is 240 g/mol. The zero-order chi connectivity index (χ0) is 13.7. The number of benzene rings is 1. The summed E-state index contributed by atoms with van der Waals surface area (Å²) in [6.07, 6.45) is 3.73. The van der Waals surface area contributed by atoms with Crippen molar-refractivity contribution in [3.8, 4) is 11.5 Å². The monoisotopic (exact) mass is 264 g/mol. The van der Waals surface area contributed by atoms with Gasteiger partial charge in [-0.25, -0.2) is 0 Å². The molecular formula is C15H24N2O2. The minimum absolute atomic E-state index is 0.333. The Hall–Kier alpha value is -1.26. The lowest BCUT2D eigenvalue weighted by Crippen LogP contribution is -2.41. The molecule has 1 heterocycles. The summed E-state index contributed by atoms with van der Waals surface area (Å²) in [6, 6.07) is 6.57. The molecule has 1 saturated heterocycles. The van der Waals surface area contributed by atoms with Crippen LogP contribution in [0, 0.1) is 0 Å². The number of methoxy groups -OCH3 is 2. The van der Waals surface area contributed by atoms with Crippen molar-refractivity contribution < 1.29 is 9.47 Å². The van der Waals surface area contributed by atoms with Gasteiger partial charge in [0.1, 0.15) is 0 Å². The van der Waals surface area contributed by atoms with Gasteiger partial charge < -0.3 is 20.5 Å². The molecule has 106 valence electrons. The summed E-state index contributed by atoms with van der Waals surface area (Å²) in [7, 11) is 3.32. The molecule has 4 heteroatoms. The number of hydrogen-bond donors (Lipinski definition) is 2. The van der Waals surface area contributed by atoms with Gasteiger partial charge in [0.2, 0.25) is 0 Å². The van der Waals surface area contributed by atoms with Gasteiger partial charge in [0.25, 0.3) is 0 Å². The van der Waals surface area contributed by atoms with Gasteiger partial charge in [0.05, 0.1) is 14.2 Å². The molecule has 4 nitrogen and oxygen atoms in total. The van der Waals surface area contributed by atoms with Crippen LogP contribution in [0.5, 0.6) is 11.5 Å². The second-order valence-electron chi connectivity index (χ2n) is 5.01. The minimum Gasteiger partial charge on any atom is -0.493 e. The molecule has 0 spiro atoms. The smallest absolute Gasteiger partial charge is 0.160 e. The maximum atomic E-state index is 5.99. The fourth-order valence-electron chi connectivity index (χ4n) is 2.84. The third-order valence-corrected chi connectivity index (χ3v) is 3.92. The molecule has 0 aromatic heterocycles. The summed E-state index contributed by atoms with van der Waals surface area (Å²) in [5.41, 5.74) is 7.21. The lowest BCUT2D eigenvalue weighted by molar-refractivity contribution is 0.344. The summed E-state index contributed by atoms with van der Waals surface area (Å²) in [5, 5.41) is 3.58. The second-order valence-corrected chi connectivity index (χ2v) is 5.01. The molecule has 1 aromatic rings. The number of nitrogens with two attached hydrogens (primary N) is 1. The van der Waals surface area contributed by atoms with Crippen molar-refractivity contribution in [3.05, 3.63) is 23.8 Å². The molecule has 2 atom stereocenters. The lowest BCUT2D eigenvalue weighted by atomic mass is 9.86. The largest absolute Gasteiger partial charge is 0.493 e. The van der Waals surface area contributed by atoms with E-state index in [0.717, 1.165) is 18.0 Å². The fourth-order valence-corrected chi connectivity index (χ4v) is 2.84. The SMILES string of the molecule is COc1ccc(C(CN)C2CCCCN2)cc1OC. The Labute approximate surface area is 115 Å². The van der Waals surface area contributed by atoms with E-state index < -0.39 is 0 Å². The van der Waals surface area contributed by atoms with E-state index in [2.05, 4.69) is 11.4 Å². The third-order valence-electron chi connectivity index (χ3n) is 3.92. The number of ether oxygens (including phenoxy) is 2. The van der Waals surface area contributed by atoms with Crippen LogP contribution in [0.25, 0.3) is 0 Å². The summed E-state index contributed by atoms with van der Waals surface area (Å²) in [4.78, 5) is 0. The number of rotatable bonds is 5. The van der Waals surface area contributed by atoms with Crippen molar-refractivity contribution in [1.29, 1.82) is 0 Å². The van der Waals surface area contributed by atoms with E-state index >= 15 is 0 Å². The van der Waals surface area contributed by atoms with E-state index in [-0.39, 0.29) is 0 Å². The maximum Gasteiger partial charge on any atom is 0.160 e. The third kappa shape index (κ3) is 3.19. The molecule has 0 bridgehead atoms. The van der Waals surface area contributed by atoms with E-state index in [0.29, 0.717) is 18.5 Å². The Kier molecular flexibility index (Phi) is 5.05. The van der Waals surface area contributed by atoms with E-state index in [1.807, 2.05) is 12.1 Å². The highest BCUT2D eigenvalue weighted by Crippen LogP contribution is 2.32. The summed E-state index contributed by atoms with van der Waals surface area (Å²) < 4.78 is 10.7. The molecule has 2 unspecified atom stereocenters. The summed E-state index contributed by atoms with van der Waals surface area (Å²) >= 11 is 0. The van der Waals surface area contributed by atoms with Crippen LogP contribution >= 0.6 is 0 Å². The Morgan fingerprint density at radius 2 is 2.05 bits per heavy atom.